The molecule has 2 aromatic carbocycles. The molecule has 0 spiro atoms. The first-order valence-electron chi connectivity index (χ1n) is 9.92. The lowest BCUT2D eigenvalue weighted by Crippen LogP contribution is -2.29. The number of rotatable bonds is 6. The van der Waals surface area contributed by atoms with Gasteiger partial charge in [-0.15, -0.1) is 0 Å². The van der Waals surface area contributed by atoms with E-state index < -0.39 is 12.0 Å². The monoisotopic (exact) mass is 432 g/mol. The van der Waals surface area contributed by atoms with Crippen molar-refractivity contribution in [2.75, 3.05) is 22.1 Å². The first kappa shape index (κ1) is 22.4. The predicted octanol–water partition coefficient (Wildman–Crippen LogP) is 4.30. The highest BCUT2D eigenvalue weighted by atomic mass is 16.4. The van der Waals surface area contributed by atoms with Gasteiger partial charge in [0.1, 0.15) is 6.54 Å². The molecule has 3 rings (SSSR count). The van der Waals surface area contributed by atoms with Crippen LogP contribution >= 0.6 is 0 Å². The van der Waals surface area contributed by atoms with Gasteiger partial charge in [0.05, 0.1) is 11.4 Å². The van der Waals surface area contributed by atoms with E-state index in [1.165, 1.54) is 16.7 Å². The normalized spacial score (nSPS) is 12.6. The summed E-state index contributed by atoms with van der Waals surface area (Å²) in [5, 5.41) is 14.7. The van der Waals surface area contributed by atoms with Crippen molar-refractivity contribution in [1.29, 1.82) is 0 Å². The molecule has 32 heavy (non-hydrogen) atoms. The fraction of sp³-hybridized carbons (Fsp3) is 0.125. The Morgan fingerprint density at radius 3 is 2.53 bits per heavy atom. The molecule has 0 aromatic heterocycles. The van der Waals surface area contributed by atoms with E-state index in [1.807, 2.05) is 31.2 Å². The molecule has 1 heterocycles. The average molecular weight is 432 g/mol. The van der Waals surface area contributed by atoms with E-state index in [-0.39, 0.29) is 12.5 Å². The van der Waals surface area contributed by atoms with Crippen LogP contribution in [0.2, 0.25) is 0 Å². The number of hydrogen-bond acceptors (Lipinski definition) is 4. The number of para-hydroxylation sites is 1. The van der Waals surface area contributed by atoms with Gasteiger partial charge in [0.25, 0.3) is 0 Å². The highest BCUT2D eigenvalue weighted by Gasteiger charge is 2.18. The fourth-order valence-electron chi connectivity index (χ4n) is 3.19. The van der Waals surface area contributed by atoms with Crippen LogP contribution in [0.15, 0.2) is 84.9 Å². The standard InChI is InChI=1S/C24H24N4O4/c1-17-8-3-4-12-22(17)26-24(32)25-19-9-7-11-20(14-19)28(18(2)29)21-10-5-6-13-27(15-21)16-23(30)31/h3-15H,16H2,1-2H3,(H,30,31)(H2,25,26,32). The quantitative estimate of drug-likeness (QED) is 0.632. The SMILES string of the molecule is CC(=O)N(C1=CN(CC(=O)O)C=CC=C1)c1cccc(NC(=O)Nc2ccccc2C)c1. The van der Waals surface area contributed by atoms with Gasteiger partial charge in [0.2, 0.25) is 5.91 Å². The molecule has 0 saturated heterocycles. The fourth-order valence-corrected chi connectivity index (χ4v) is 3.19. The van der Waals surface area contributed by atoms with E-state index in [2.05, 4.69) is 10.6 Å². The van der Waals surface area contributed by atoms with E-state index in [0.29, 0.717) is 22.8 Å². The number of benzene rings is 2. The van der Waals surface area contributed by atoms with Gasteiger partial charge >= 0.3 is 12.0 Å². The first-order chi connectivity index (χ1) is 15.3. The molecule has 0 radical (unpaired) electrons. The zero-order valence-corrected chi connectivity index (χ0v) is 17.8. The van der Waals surface area contributed by atoms with E-state index in [1.54, 1.807) is 54.9 Å². The van der Waals surface area contributed by atoms with Crippen molar-refractivity contribution in [3.8, 4) is 0 Å². The number of amides is 3. The Hall–Kier alpha value is -4.33. The van der Waals surface area contributed by atoms with Gasteiger partial charge in [-0.2, -0.15) is 0 Å². The zero-order chi connectivity index (χ0) is 23.1. The van der Waals surface area contributed by atoms with Crippen LogP contribution in [0.1, 0.15) is 12.5 Å². The lowest BCUT2D eigenvalue weighted by Gasteiger charge is -2.24. The number of aliphatic carboxylic acids is 1. The summed E-state index contributed by atoms with van der Waals surface area (Å²) in [6, 6.07) is 13.9. The number of anilines is 3. The van der Waals surface area contributed by atoms with Gasteiger partial charge in [-0.05, 0) is 48.9 Å². The highest BCUT2D eigenvalue weighted by molar-refractivity contribution is 6.01. The van der Waals surface area contributed by atoms with E-state index in [0.717, 1.165) is 5.56 Å². The van der Waals surface area contributed by atoms with Crippen molar-refractivity contribution in [2.45, 2.75) is 13.8 Å². The number of urea groups is 1. The minimum atomic E-state index is -0.993. The van der Waals surface area contributed by atoms with Crippen molar-refractivity contribution in [3.05, 3.63) is 90.4 Å². The molecule has 3 N–H and O–H groups in total. The van der Waals surface area contributed by atoms with Crippen LogP contribution in [0.3, 0.4) is 0 Å². The van der Waals surface area contributed by atoms with Crippen LogP contribution < -0.4 is 15.5 Å². The summed E-state index contributed by atoms with van der Waals surface area (Å²) in [5.74, 6) is -1.26. The van der Waals surface area contributed by atoms with Crippen LogP contribution in [0.25, 0.3) is 0 Å². The third-order valence-corrected chi connectivity index (χ3v) is 4.60. The topological polar surface area (TPSA) is 102 Å². The van der Waals surface area contributed by atoms with Crippen LogP contribution in [-0.4, -0.2) is 34.5 Å². The Kier molecular flexibility index (Phi) is 7.07. The summed E-state index contributed by atoms with van der Waals surface area (Å²) < 4.78 is 0. The summed E-state index contributed by atoms with van der Waals surface area (Å²) in [6.07, 6.45) is 8.33. The molecule has 0 atom stereocenters. The smallest absolute Gasteiger partial charge is 0.323 e. The molecule has 8 nitrogen and oxygen atoms in total. The number of carboxylic acids is 1. The van der Waals surface area contributed by atoms with Gasteiger partial charge in [-0.25, -0.2) is 4.79 Å². The molecule has 0 fully saturated rings. The van der Waals surface area contributed by atoms with Crippen molar-refractivity contribution in [2.24, 2.45) is 0 Å². The first-order valence-corrected chi connectivity index (χ1v) is 9.92. The van der Waals surface area contributed by atoms with E-state index in [9.17, 15) is 14.4 Å². The molecule has 1 aliphatic heterocycles. The molecule has 1 aliphatic rings. The lowest BCUT2D eigenvalue weighted by molar-refractivity contribution is -0.137. The average Bonchev–Trinajstić information content (AvgIpc) is 2.94. The van der Waals surface area contributed by atoms with E-state index >= 15 is 0 Å². The lowest BCUT2D eigenvalue weighted by atomic mass is 10.2. The summed E-state index contributed by atoms with van der Waals surface area (Å²) in [5.41, 5.74) is 3.15. The maximum absolute atomic E-state index is 12.5. The number of nitrogens with one attached hydrogen (secondary N) is 2. The summed E-state index contributed by atoms with van der Waals surface area (Å²) in [4.78, 5) is 39.0. The Morgan fingerprint density at radius 1 is 1.03 bits per heavy atom. The molecule has 2 aromatic rings. The van der Waals surface area contributed by atoms with Crippen LogP contribution in [0.5, 0.6) is 0 Å². The molecule has 0 bridgehead atoms. The Labute approximate surface area is 186 Å². The molecule has 8 heteroatoms. The molecular weight excluding hydrogens is 408 g/mol. The zero-order valence-electron chi connectivity index (χ0n) is 17.8. The predicted molar refractivity (Wildman–Crippen MR) is 124 cm³/mol. The Balaban J connectivity index is 1.83. The Morgan fingerprint density at radius 2 is 1.81 bits per heavy atom. The minimum absolute atomic E-state index is 0.242. The third-order valence-electron chi connectivity index (χ3n) is 4.60. The molecule has 0 saturated carbocycles. The van der Waals surface area contributed by atoms with Gasteiger partial charge in [-0.3, -0.25) is 14.5 Å². The van der Waals surface area contributed by atoms with Crippen LogP contribution in [-0.2, 0) is 9.59 Å². The highest BCUT2D eigenvalue weighted by Crippen LogP contribution is 2.25. The van der Waals surface area contributed by atoms with Gasteiger partial charge < -0.3 is 20.6 Å². The molecule has 0 unspecified atom stereocenters. The number of aryl methyl sites for hydroxylation is 1. The minimum Gasteiger partial charge on any atom is -0.480 e. The van der Waals surface area contributed by atoms with Crippen molar-refractivity contribution in [1.82, 2.24) is 4.90 Å². The second-order valence-electron chi connectivity index (χ2n) is 7.12. The number of nitrogens with zero attached hydrogens (tertiary/aromatic N) is 2. The maximum atomic E-state index is 12.5. The molecule has 164 valence electrons. The summed E-state index contributed by atoms with van der Waals surface area (Å²) >= 11 is 0. The van der Waals surface area contributed by atoms with E-state index in [4.69, 9.17) is 5.11 Å². The Bertz CT molecular complexity index is 1120. The molecular formula is C24H24N4O4. The summed E-state index contributed by atoms with van der Waals surface area (Å²) in [7, 11) is 0. The van der Waals surface area contributed by atoms with Crippen molar-refractivity contribution in [3.63, 3.8) is 0 Å². The number of carbonyl (C=O) groups is 3. The summed E-state index contributed by atoms with van der Waals surface area (Å²) in [6.45, 7) is 3.07. The number of allylic oxidation sites excluding steroid dienone is 3. The van der Waals surface area contributed by atoms with Gasteiger partial charge in [0.15, 0.2) is 0 Å². The van der Waals surface area contributed by atoms with Crippen molar-refractivity contribution < 1.29 is 19.5 Å². The number of carbonyl (C=O) groups excluding carboxylic acids is 2. The number of hydrogen-bond donors (Lipinski definition) is 3. The second-order valence-corrected chi connectivity index (χ2v) is 7.12. The molecule has 0 aliphatic carbocycles. The van der Waals surface area contributed by atoms with Crippen molar-refractivity contribution >= 4 is 35.0 Å². The second kappa shape index (κ2) is 10.1. The molecule has 3 amide bonds. The maximum Gasteiger partial charge on any atom is 0.323 e. The van der Waals surface area contributed by atoms with Gasteiger partial charge in [0, 0.05) is 30.7 Å². The van der Waals surface area contributed by atoms with Gasteiger partial charge in [-0.1, -0.05) is 30.3 Å². The number of carboxylic acid groups (broad SMARTS) is 1. The van der Waals surface area contributed by atoms with Crippen LogP contribution in [0, 0.1) is 6.92 Å². The largest absolute Gasteiger partial charge is 0.480 e. The third kappa shape index (κ3) is 5.85. The van der Waals surface area contributed by atoms with Crippen LogP contribution in [0.4, 0.5) is 21.9 Å².